The van der Waals surface area contributed by atoms with E-state index in [0.717, 1.165) is 23.6 Å². The van der Waals surface area contributed by atoms with E-state index in [1.807, 2.05) is 28.8 Å². The van der Waals surface area contributed by atoms with Crippen LogP contribution in [0.3, 0.4) is 0 Å². The topological polar surface area (TPSA) is 47.8 Å². The Kier molecular flexibility index (Phi) is 3.93. The van der Waals surface area contributed by atoms with Gasteiger partial charge >= 0.3 is 0 Å². The van der Waals surface area contributed by atoms with Crippen molar-refractivity contribution in [1.82, 2.24) is 14.5 Å². The molecule has 1 aliphatic rings. The Balaban J connectivity index is 1.57. The smallest absolute Gasteiger partial charge is 0.262 e. The second kappa shape index (κ2) is 6.46. The molecule has 6 heteroatoms. The van der Waals surface area contributed by atoms with Crippen LogP contribution < -0.4 is 5.56 Å². The first-order chi connectivity index (χ1) is 13.2. The zero-order chi connectivity index (χ0) is 18.4. The SMILES string of the molecule is O=c1c2ccccc2nc(SCc2ccc(F)c3cccnc23)n1C1CC1. The maximum atomic E-state index is 14.0. The van der Waals surface area contributed by atoms with Gasteiger partial charge in [0.2, 0.25) is 0 Å². The minimum atomic E-state index is -0.273. The highest BCUT2D eigenvalue weighted by Crippen LogP contribution is 2.37. The molecule has 0 radical (unpaired) electrons. The molecular formula is C21H16FN3OS. The van der Waals surface area contributed by atoms with Crippen molar-refractivity contribution in [2.24, 2.45) is 0 Å². The van der Waals surface area contributed by atoms with E-state index in [-0.39, 0.29) is 17.4 Å². The maximum absolute atomic E-state index is 14.0. The van der Waals surface area contributed by atoms with E-state index in [2.05, 4.69) is 4.98 Å². The molecule has 27 heavy (non-hydrogen) atoms. The molecule has 0 N–H and O–H groups in total. The van der Waals surface area contributed by atoms with E-state index in [1.165, 1.54) is 17.8 Å². The van der Waals surface area contributed by atoms with Gasteiger partial charge in [0.25, 0.3) is 5.56 Å². The van der Waals surface area contributed by atoms with Crippen molar-refractivity contribution in [1.29, 1.82) is 0 Å². The summed E-state index contributed by atoms with van der Waals surface area (Å²) in [5, 5.41) is 1.89. The molecule has 1 aliphatic carbocycles. The number of aromatic nitrogens is 3. The molecule has 0 bridgehead atoms. The number of nitrogens with zero attached hydrogens (tertiary/aromatic N) is 3. The van der Waals surface area contributed by atoms with Crippen LogP contribution in [0.4, 0.5) is 4.39 Å². The average molecular weight is 377 g/mol. The van der Waals surface area contributed by atoms with Crippen LogP contribution in [0.5, 0.6) is 0 Å². The van der Waals surface area contributed by atoms with Gasteiger partial charge in [0.05, 0.1) is 16.4 Å². The highest BCUT2D eigenvalue weighted by Gasteiger charge is 2.28. The summed E-state index contributed by atoms with van der Waals surface area (Å²) in [6, 6.07) is 14.4. The number of pyridine rings is 1. The zero-order valence-corrected chi connectivity index (χ0v) is 15.2. The van der Waals surface area contributed by atoms with Gasteiger partial charge in [-0.2, -0.15) is 0 Å². The van der Waals surface area contributed by atoms with Gasteiger partial charge in [-0.3, -0.25) is 14.3 Å². The molecule has 0 spiro atoms. The van der Waals surface area contributed by atoms with Gasteiger partial charge in [0, 0.05) is 23.4 Å². The summed E-state index contributed by atoms with van der Waals surface area (Å²) in [7, 11) is 0. The number of hydrogen-bond donors (Lipinski definition) is 0. The third-order valence-corrected chi connectivity index (χ3v) is 5.85. The van der Waals surface area contributed by atoms with Crippen molar-refractivity contribution in [2.75, 3.05) is 0 Å². The molecule has 4 aromatic rings. The predicted molar refractivity (Wildman–Crippen MR) is 106 cm³/mol. The van der Waals surface area contributed by atoms with Crippen LogP contribution in [0.25, 0.3) is 21.8 Å². The number of benzene rings is 2. The average Bonchev–Trinajstić information content (AvgIpc) is 3.53. The largest absolute Gasteiger partial charge is 0.284 e. The molecule has 0 saturated heterocycles. The van der Waals surface area contributed by atoms with Gasteiger partial charge < -0.3 is 0 Å². The van der Waals surface area contributed by atoms with E-state index in [1.54, 1.807) is 24.4 Å². The fraction of sp³-hybridized carbons (Fsp3) is 0.190. The van der Waals surface area contributed by atoms with E-state index in [4.69, 9.17) is 4.98 Å². The minimum absolute atomic E-state index is 0.0210. The van der Waals surface area contributed by atoms with E-state index >= 15 is 0 Å². The lowest BCUT2D eigenvalue weighted by Crippen LogP contribution is -2.22. The van der Waals surface area contributed by atoms with Crippen LogP contribution in [0, 0.1) is 5.82 Å². The van der Waals surface area contributed by atoms with Gasteiger partial charge in [0.15, 0.2) is 5.16 Å². The van der Waals surface area contributed by atoms with Gasteiger partial charge in [-0.05, 0) is 48.7 Å². The second-order valence-corrected chi connectivity index (χ2v) is 7.66. The fourth-order valence-electron chi connectivity index (χ4n) is 3.34. The first-order valence-corrected chi connectivity index (χ1v) is 9.87. The lowest BCUT2D eigenvalue weighted by atomic mass is 10.1. The predicted octanol–water partition coefficient (Wildman–Crippen LogP) is 4.71. The monoisotopic (exact) mass is 377 g/mol. The Bertz CT molecular complexity index is 1230. The molecule has 0 atom stereocenters. The summed E-state index contributed by atoms with van der Waals surface area (Å²) < 4.78 is 15.9. The molecule has 5 rings (SSSR count). The quantitative estimate of drug-likeness (QED) is 0.382. The van der Waals surface area contributed by atoms with Crippen molar-refractivity contribution in [3.8, 4) is 0 Å². The number of para-hydroxylation sites is 1. The van der Waals surface area contributed by atoms with E-state index in [0.29, 0.717) is 27.6 Å². The normalized spacial score (nSPS) is 14.1. The zero-order valence-electron chi connectivity index (χ0n) is 14.4. The minimum Gasteiger partial charge on any atom is -0.284 e. The second-order valence-electron chi connectivity index (χ2n) is 6.71. The van der Waals surface area contributed by atoms with Crippen LogP contribution in [0.1, 0.15) is 24.4 Å². The van der Waals surface area contributed by atoms with Crippen molar-refractivity contribution < 1.29 is 4.39 Å². The van der Waals surface area contributed by atoms with E-state index in [9.17, 15) is 9.18 Å². The first-order valence-electron chi connectivity index (χ1n) is 8.88. The highest BCUT2D eigenvalue weighted by molar-refractivity contribution is 7.98. The third-order valence-electron chi connectivity index (χ3n) is 4.84. The Morgan fingerprint density at radius 1 is 1.07 bits per heavy atom. The summed E-state index contributed by atoms with van der Waals surface area (Å²) in [5.41, 5.74) is 2.32. The molecule has 4 nitrogen and oxygen atoms in total. The third kappa shape index (κ3) is 2.90. The van der Waals surface area contributed by atoms with Gasteiger partial charge in [-0.25, -0.2) is 9.37 Å². The molecule has 2 aromatic carbocycles. The summed E-state index contributed by atoms with van der Waals surface area (Å²) in [6.45, 7) is 0. The standard InChI is InChI=1S/C21H16FN3OS/c22-17-10-7-13(19-15(17)5-3-11-23-19)12-27-21-24-18-6-2-1-4-16(18)20(26)25(21)14-8-9-14/h1-7,10-11,14H,8-9,12H2. The van der Waals surface area contributed by atoms with Gasteiger partial charge in [-0.15, -0.1) is 0 Å². The number of hydrogen-bond acceptors (Lipinski definition) is 4. The Labute approximate surface area is 159 Å². The highest BCUT2D eigenvalue weighted by atomic mass is 32.2. The Morgan fingerprint density at radius 3 is 2.74 bits per heavy atom. The first kappa shape index (κ1) is 16.4. The fourth-order valence-corrected chi connectivity index (χ4v) is 4.39. The molecule has 0 unspecified atom stereocenters. The lowest BCUT2D eigenvalue weighted by Gasteiger charge is -2.13. The summed E-state index contributed by atoms with van der Waals surface area (Å²) in [5.74, 6) is 0.302. The number of fused-ring (bicyclic) bond motifs is 2. The van der Waals surface area contributed by atoms with Crippen molar-refractivity contribution >= 4 is 33.6 Å². The molecule has 1 saturated carbocycles. The van der Waals surface area contributed by atoms with Crippen LogP contribution in [-0.2, 0) is 5.75 Å². The van der Waals surface area contributed by atoms with Crippen molar-refractivity contribution in [3.05, 3.63) is 76.5 Å². The number of halogens is 1. The van der Waals surface area contributed by atoms with Crippen LogP contribution >= 0.6 is 11.8 Å². The Hall–Kier alpha value is -2.73. The van der Waals surface area contributed by atoms with Crippen molar-refractivity contribution in [2.45, 2.75) is 29.8 Å². The van der Waals surface area contributed by atoms with Gasteiger partial charge in [0.1, 0.15) is 5.82 Å². The molecular weight excluding hydrogens is 361 g/mol. The molecule has 0 aliphatic heterocycles. The molecule has 1 fully saturated rings. The summed E-state index contributed by atoms with van der Waals surface area (Å²) in [6.07, 6.45) is 3.69. The van der Waals surface area contributed by atoms with E-state index < -0.39 is 0 Å². The van der Waals surface area contributed by atoms with Crippen LogP contribution in [-0.4, -0.2) is 14.5 Å². The number of rotatable bonds is 4. The molecule has 134 valence electrons. The molecule has 0 amide bonds. The number of thioether (sulfide) groups is 1. The molecule has 2 heterocycles. The van der Waals surface area contributed by atoms with Crippen LogP contribution in [0.2, 0.25) is 0 Å². The summed E-state index contributed by atoms with van der Waals surface area (Å²) in [4.78, 5) is 22.0. The summed E-state index contributed by atoms with van der Waals surface area (Å²) >= 11 is 1.51. The lowest BCUT2D eigenvalue weighted by molar-refractivity contribution is 0.618. The van der Waals surface area contributed by atoms with Gasteiger partial charge in [-0.1, -0.05) is 30.0 Å². The van der Waals surface area contributed by atoms with Crippen LogP contribution in [0.15, 0.2) is 64.7 Å². The maximum Gasteiger partial charge on any atom is 0.262 e. The Morgan fingerprint density at radius 2 is 1.89 bits per heavy atom. The van der Waals surface area contributed by atoms with Crippen molar-refractivity contribution in [3.63, 3.8) is 0 Å². The molecule has 2 aromatic heterocycles.